The van der Waals surface area contributed by atoms with Crippen molar-refractivity contribution in [3.8, 4) is 5.75 Å². The minimum Gasteiger partial charge on any atom is -0.493 e. The van der Waals surface area contributed by atoms with Crippen LogP contribution >= 0.6 is 0 Å². The van der Waals surface area contributed by atoms with E-state index in [2.05, 4.69) is 21.1 Å². The Morgan fingerprint density at radius 2 is 1.65 bits per heavy atom. The van der Waals surface area contributed by atoms with E-state index in [0.717, 1.165) is 23.7 Å². The Bertz CT molecular complexity index is 1430. The van der Waals surface area contributed by atoms with Crippen molar-refractivity contribution in [2.75, 3.05) is 20.3 Å². The Morgan fingerprint density at radius 3 is 2.35 bits per heavy atom. The molecule has 0 fully saturated rings. The van der Waals surface area contributed by atoms with E-state index in [9.17, 15) is 18.0 Å². The van der Waals surface area contributed by atoms with Crippen LogP contribution in [0.15, 0.2) is 89.8 Å². The molecule has 4 rings (SSSR count). The molecule has 1 amide bonds. The molecule has 0 saturated carbocycles. The molecule has 4 aromatic rings. The Labute approximate surface area is 214 Å². The molecule has 0 bridgehead atoms. The monoisotopic (exact) mass is 521 g/mol. The van der Waals surface area contributed by atoms with Gasteiger partial charge in [-0.15, -0.1) is 0 Å². The van der Waals surface area contributed by atoms with Crippen LogP contribution in [-0.2, 0) is 26.0 Å². The minimum absolute atomic E-state index is 0.00430. The number of aromatic nitrogens is 1. The van der Waals surface area contributed by atoms with Gasteiger partial charge in [0.2, 0.25) is 10.0 Å². The Hall–Kier alpha value is -4.15. The molecule has 3 aromatic carbocycles. The van der Waals surface area contributed by atoms with Crippen LogP contribution in [0.1, 0.15) is 16.1 Å². The number of amides is 1. The van der Waals surface area contributed by atoms with Crippen LogP contribution in [-0.4, -0.2) is 51.6 Å². The van der Waals surface area contributed by atoms with Gasteiger partial charge in [-0.1, -0.05) is 36.4 Å². The standard InChI is InChI=1S/C27H27N3O6S/c1-35-27(32)25(30-37(33,34)23-8-3-2-4-9-23)18-28-26(31)19-11-13-22(14-12-19)36-16-15-21-17-20-7-5-6-10-24(20)29-21/h2-14,17,25,29-30H,15-16,18H2,1H3,(H,28,31)/t25-/m0/s1. The first kappa shape index (κ1) is 25.9. The number of fused-ring (bicyclic) bond motifs is 1. The van der Waals surface area contributed by atoms with Crippen molar-refractivity contribution in [1.29, 1.82) is 0 Å². The van der Waals surface area contributed by atoms with Gasteiger partial charge in [-0.2, -0.15) is 4.72 Å². The maximum Gasteiger partial charge on any atom is 0.325 e. The number of esters is 1. The number of carbonyl (C=O) groups is 2. The maximum absolute atomic E-state index is 12.6. The second-order valence-corrected chi connectivity index (χ2v) is 9.94. The number of hydrogen-bond acceptors (Lipinski definition) is 6. The van der Waals surface area contributed by atoms with E-state index in [1.165, 1.54) is 12.1 Å². The van der Waals surface area contributed by atoms with Crippen molar-refractivity contribution in [1.82, 2.24) is 15.0 Å². The highest BCUT2D eigenvalue weighted by molar-refractivity contribution is 7.89. The van der Waals surface area contributed by atoms with Crippen molar-refractivity contribution >= 4 is 32.8 Å². The molecule has 0 saturated heterocycles. The fourth-order valence-electron chi connectivity index (χ4n) is 3.72. The smallest absolute Gasteiger partial charge is 0.325 e. The van der Waals surface area contributed by atoms with Crippen molar-refractivity contribution in [2.24, 2.45) is 0 Å². The van der Waals surface area contributed by atoms with E-state index in [-0.39, 0.29) is 11.4 Å². The fraction of sp³-hybridized carbons (Fsp3) is 0.185. The van der Waals surface area contributed by atoms with Crippen molar-refractivity contribution in [2.45, 2.75) is 17.4 Å². The zero-order valence-electron chi connectivity index (χ0n) is 20.1. The molecule has 0 aliphatic heterocycles. The van der Waals surface area contributed by atoms with Crippen LogP contribution in [0.25, 0.3) is 10.9 Å². The molecule has 192 valence electrons. The highest BCUT2D eigenvalue weighted by Crippen LogP contribution is 2.16. The summed E-state index contributed by atoms with van der Waals surface area (Å²) in [5.41, 5.74) is 2.48. The highest BCUT2D eigenvalue weighted by atomic mass is 32.2. The molecule has 0 spiro atoms. The molecule has 1 heterocycles. The van der Waals surface area contributed by atoms with Crippen LogP contribution in [0.4, 0.5) is 0 Å². The topological polar surface area (TPSA) is 127 Å². The minimum atomic E-state index is -3.99. The molecule has 10 heteroatoms. The second kappa shape index (κ2) is 11.7. The highest BCUT2D eigenvalue weighted by Gasteiger charge is 2.27. The summed E-state index contributed by atoms with van der Waals surface area (Å²) in [4.78, 5) is 28.1. The number of methoxy groups -OCH3 is 1. The first-order valence-corrected chi connectivity index (χ1v) is 13.1. The molecule has 37 heavy (non-hydrogen) atoms. The van der Waals surface area contributed by atoms with Crippen LogP contribution in [0.3, 0.4) is 0 Å². The van der Waals surface area contributed by atoms with Crippen LogP contribution in [0, 0.1) is 0 Å². The Balaban J connectivity index is 1.30. The summed E-state index contributed by atoms with van der Waals surface area (Å²) < 4.78 is 38.0. The van der Waals surface area contributed by atoms with E-state index in [0.29, 0.717) is 24.3 Å². The number of aromatic amines is 1. The zero-order valence-corrected chi connectivity index (χ0v) is 21.0. The molecule has 0 aliphatic carbocycles. The third kappa shape index (κ3) is 6.75. The van der Waals surface area contributed by atoms with Gasteiger partial charge >= 0.3 is 5.97 Å². The van der Waals surface area contributed by atoms with E-state index in [4.69, 9.17) is 9.47 Å². The molecule has 1 aromatic heterocycles. The number of nitrogens with one attached hydrogen (secondary N) is 3. The summed E-state index contributed by atoms with van der Waals surface area (Å²) >= 11 is 0. The third-order valence-corrected chi connectivity index (χ3v) is 7.13. The lowest BCUT2D eigenvalue weighted by Crippen LogP contribution is -2.48. The van der Waals surface area contributed by atoms with Crippen molar-refractivity contribution in [3.63, 3.8) is 0 Å². The maximum atomic E-state index is 12.6. The number of benzene rings is 3. The predicted molar refractivity (Wildman–Crippen MR) is 139 cm³/mol. The van der Waals surface area contributed by atoms with Gasteiger partial charge in [0.25, 0.3) is 5.91 Å². The van der Waals surface area contributed by atoms with Gasteiger partial charge in [-0.3, -0.25) is 9.59 Å². The summed E-state index contributed by atoms with van der Waals surface area (Å²) in [5.74, 6) is -0.688. The first-order chi connectivity index (χ1) is 17.9. The molecule has 1 atom stereocenters. The van der Waals surface area contributed by atoms with E-state index in [1.807, 2.05) is 24.3 Å². The normalized spacial score (nSPS) is 12.1. The molecule has 0 aliphatic rings. The number of carbonyl (C=O) groups excluding carboxylic acids is 2. The van der Waals surface area contributed by atoms with Crippen LogP contribution < -0.4 is 14.8 Å². The number of sulfonamides is 1. The number of rotatable bonds is 11. The first-order valence-electron chi connectivity index (χ1n) is 11.6. The Morgan fingerprint density at radius 1 is 0.946 bits per heavy atom. The molecule has 0 radical (unpaired) electrons. The summed E-state index contributed by atoms with van der Waals surface area (Å²) in [6.07, 6.45) is 0.699. The van der Waals surface area contributed by atoms with Crippen LogP contribution in [0.2, 0.25) is 0 Å². The van der Waals surface area contributed by atoms with Gasteiger partial charge in [0.1, 0.15) is 11.8 Å². The number of H-pyrrole nitrogens is 1. The largest absolute Gasteiger partial charge is 0.493 e. The summed E-state index contributed by atoms with van der Waals surface area (Å²) in [6, 6.07) is 23.0. The zero-order chi connectivity index (χ0) is 26.3. The number of hydrogen-bond donors (Lipinski definition) is 3. The number of ether oxygens (including phenoxy) is 2. The lowest BCUT2D eigenvalue weighted by molar-refractivity contribution is -0.142. The Kier molecular flexibility index (Phi) is 8.22. The molecule has 9 nitrogen and oxygen atoms in total. The second-order valence-electron chi connectivity index (χ2n) is 8.22. The van der Waals surface area contributed by atoms with Gasteiger partial charge in [0.05, 0.1) is 18.6 Å². The molecule has 0 unspecified atom stereocenters. The average molecular weight is 522 g/mol. The molecular formula is C27H27N3O6S. The van der Waals surface area contributed by atoms with Crippen molar-refractivity contribution < 1.29 is 27.5 Å². The number of para-hydroxylation sites is 1. The predicted octanol–water partition coefficient (Wildman–Crippen LogP) is 3.04. The fourth-order valence-corrected chi connectivity index (χ4v) is 4.92. The summed E-state index contributed by atoms with van der Waals surface area (Å²) in [6.45, 7) is 0.168. The van der Waals surface area contributed by atoms with E-state index in [1.54, 1.807) is 42.5 Å². The lowest BCUT2D eigenvalue weighted by atomic mass is 10.2. The summed E-state index contributed by atoms with van der Waals surface area (Å²) in [5, 5.41) is 3.72. The average Bonchev–Trinajstić information content (AvgIpc) is 3.34. The third-order valence-electron chi connectivity index (χ3n) is 5.65. The van der Waals surface area contributed by atoms with Gasteiger partial charge in [-0.05, 0) is 53.9 Å². The molecule has 3 N–H and O–H groups in total. The van der Waals surface area contributed by atoms with Gasteiger partial charge in [-0.25, -0.2) is 8.42 Å². The van der Waals surface area contributed by atoms with Gasteiger partial charge in [0.15, 0.2) is 0 Å². The van der Waals surface area contributed by atoms with Crippen molar-refractivity contribution in [3.05, 3.63) is 96.2 Å². The van der Waals surface area contributed by atoms with E-state index >= 15 is 0 Å². The SMILES string of the molecule is COC(=O)[C@H](CNC(=O)c1ccc(OCCc2cc3ccccc3[nH]2)cc1)NS(=O)(=O)c1ccccc1. The van der Waals surface area contributed by atoms with E-state index < -0.39 is 27.9 Å². The summed E-state index contributed by atoms with van der Waals surface area (Å²) in [7, 11) is -2.85. The van der Waals surface area contributed by atoms with Gasteiger partial charge in [0, 0.05) is 29.7 Å². The quantitative estimate of drug-likeness (QED) is 0.261. The van der Waals surface area contributed by atoms with Gasteiger partial charge < -0.3 is 19.8 Å². The van der Waals surface area contributed by atoms with Crippen LogP contribution in [0.5, 0.6) is 5.75 Å². The lowest BCUT2D eigenvalue weighted by Gasteiger charge is -2.17. The molecular weight excluding hydrogens is 494 g/mol.